The maximum atomic E-state index is 12.7. The lowest BCUT2D eigenvalue weighted by atomic mass is 10.1. The highest BCUT2D eigenvalue weighted by atomic mass is 16.5. The first-order chi connectivity index (χ1) is 13.7. The van der Waals surface area contributed by atoms with Crippen LogP contribution in [0.3, 0.4) is 0 Å². The van der Waals surface area contributed by atoms with Gasteiger partial charge in [-0.05, 0) is 36.4 Å². The minimum absolute atomic E-state index is 0.0708. The summed E-state index contributed by atoms with van der Waals surface area (Å²) in [5, 5.41) is 1.02. The molecule has 1 aliphatic rings. The number of hydrogen-bond donors (Lipinski definition) is 0. The number of ether oxygens (including phenoxy) is 2. The quantitative estimate of drug-likeness (QED) is 0.654. The number of fused-ring (bicyclic) bond motifs is 1. The van der Waals surface area contributed by atoms with Crippen molar-refractivity contribution in [3.05, 3.63) is 71.9 Å². The number of para-hydroxylation sites is 1. The number of benzene rings is 2. The number of pyridine rings is 1. The Morgan fingerprint density at radius 1 is 1.04 bits per heavy atom. The second-order valence-corrected chi connectivity index (χ2v) is 6.68. The Bertz CT molecular complexity index is 1010. The van der Waals surface area contributed by atoms with Gasteiger partial charge in [0.25, 0.3) is 5.91 Å². The van der Waals surface area contributed by atoms with Gasteiger partial charge in [-0.15, -0.1) is 0 Å². The summed E-state index contributed by atoms with van der Waals surface area (Å²) in [4.78, 5) is 30.5. The van der Waals surface area contributed by atoms with E-state index in [1.54, 1.807) is 35.4 Å². The number of methoxy groups -OCH3 is 1. The van der Waals surface area contributed by atoms with Crippen molar-refractivity contribution < 1.29 is 19.1 Å². The molecular formula is C22H20N2O4. The first-order valence-corrected chi connectivity index (χ1v) is 9.14. The summed E-state index contributed by atoms with van der Waals surface area (Å²) < 4.78 is 10.8. The van der Waals surface area contributed by atoms with E-state index in [0.717, 1.165) is 23.1 Å². The number of esters is 1. The van der Waals surface area contributed by atoms with Crippen LogP contribution in [-0.2, 0) is 4.74 Å². The van der Waals surface area contributed by atoms with Crippen LogP contribution in [0, 0.1) is 0 Å². The van der Waals surface area contributed by atoms with Gasteiger partial charge in [0.1, 0.15) is 17.4 Å². The summed E-state index contributed by atoms with van der Waals surface area (Å²) in [7, 11) is 1.33. The van der Waals surface area contributed by atoms with Crippen LogP contribution in [0.5, 0.6) is 5.75 Å². The van der Waals surface area contributed by atoms with Gasteiger partial charge in [-0.25, -0.2) is 4.79 Å². The zero-order chi connectivity index (χ0) is 19.5. The van der Waals surface area contributed by atoms with Crippen molar-refractivity contribution in [3.63, 3.8) is 0 Å². The Balaban J connectivity index is 1.43. The molecule has 0 N–H and O–H groups in total. The van der Waals surface area contributed by atoms with E-state index in [-0.39, 0.29) is 12.0 Å². The Labute approximate surface area is 162 Å². The lowest BCUT2D eigenvalue weighted by Crippen LogP contribution is -2.31. The van der Waals surface area contributed by atoms with E-state index in [9.17, 15) is 9.59 Å². The third kappa shape index (κ3) is 3.53. The van der Waals surface area contributed by atoms with Gasteiger partial charge >= 0.3 is 5.97 Å². The number of carbonyl (C=O) groups excluding carboxylic acids is 2. The monoisotopic (exact) mass is 376 g/mol. The molecule has 142 valence electrons. The number of likely N-dealkylation sites (tertiary alicyclic amines) is 1. The minimum Gasteiger partial charge on any atom is -0.486 e. The standard InChI is InChI=1S/C22H20N2O4/c1-27-22(26)17-9-7-16(8-10-17)21(25)24-13-11-18(14-24)28-19-6-2-4-15-5-3-12-23-20(15)19/h2-10,12,18H,11,13-14H2,1H3. The molecule has 0 aliphatic carbocycles. The number of hydrogen-bond acceptors (Lipinski definition) is 5. The van der Waals surface area contributed by atoms with Crippen molar-refractivity contribution in [3.8, 4) is 5.75 Å². The van der Waals surface area contributed by atoms with Gasteiger partial charge in [-0.1, -0.05) is 18.2 Å². The lowest BCUT2D eigenvalue weighted by Gasteiger charge is -2.18. The molecule has 1 saturated heterocycles. The Morgan fingerprint density at radius 3 is 2.57 bits per heavy atom. The van der Waals surface area contributed by atoms with Crippen molar-refractivity contribution in [2.45, 2.75) is 12.5 Å². The summed E-state index contributed by atoms with van der Waals surface area (Å²) in [5.74, 6) is 0.246. The third-order valence-corrected chi connectivity index (χ3v) is 4.87. The average molecular weight is 376 g/mol. The highest BCUT2D eigenvalue weighted by Crippen LogP contribution is 2.26. The molecule has 1 atom stereocenters. The van der Waals surface area contributed by atoms with Crippen LogP contribution in [0.25, 0.3) is 10.9 Å². The van der Waals surface area contributed by atoms with Gasteiger partial charge in [0.2, 0.25) is 0 Å². The predicted molar refractivity (Wildman–Crippen MR) is 104 cm³/mol. The molecule has 1 fully saturated rings. The van der Waals surface area contributed by atoms with E-state index >= 15 is 0 Å². The SMILES string of the molecule is COC(=O)c1ccc(C(=O)N2CCC(Oc3cccc4cccnc34)C2)cc1. The largest absolute Gasteiger partial charge is 0.486 e. The number of rotatable bonds is 4. The predicted octanol–water partition coefficient (Wildman–Crippen LogP) is 3.31. The van der Waals surface area contributed by atoms with Crippen LogP contribution < -0.4 is 4.74 Å². The normalized spacial score (nSPS) is 16.2. The van der Waals surface area contributed by atoms with Crippen LogP contribution in [-0.4, -0.2) is 48.1 Å². The Morgan fingerprint density at radius 2 is 1.79 bits per heavy atom. The highest BCUT2D eigenvalue weighted by molar-refractivity contribution is 5.96. The van der Waals surface area contributed by atoms with Crippen molar-refractivity contribution in [2.75, 3.05) is 20.2 Å². The summed E-state index contributed by atoms with van der Waals surface area (Å²) >= 11 is 0. The molecule has 0 bridgehead atoms. The topological polar surface area (TPSA) is 68.7 Å². The van der Waals surface area contributed by atoms with Crippen molar-refractivity contribution >= 4 is 22.8 Å². The zero-order valence-corrected chi connectivity index (χ0v) is 15.5. The van der Waals surface area contributed by atoms with Crippen LogP contribution >= 0.6 is 0 Å². The smallest absolute Gasteiger partial charge is 0.337 e. The fourth-order valence-electron chi connectivity index (χ4n) is 3.41. The second kappa shape index (κ2) is 7.68. The molecular weight excluding hydrogens is 356 g/mol. The molecule has 4 rings (SSSR count). The molecule has 0 radical (unpaired) electrons. The van der Waals surface area contributed by atoms with E-state index in [1.807, 2.05) is 30.3 Å². The second-order valence-electron chi connectivity index (χ2n) is 6.68. The first-order valence-electron chi connectivity index (χ1n) is 9.14. The molecule has 3 aromatic rings. The first kappa shape index (κ1) is 18.0. The summed E-state index contributed by atoms with van der Waals surface area (Å²) in [6.45, 7) is 1.14. The van der Waals surface area contributed by atoms with Crippen LogP contribution in [0.1, 0.15) is 27.1 Å². The molecule has 1 amide bonds. The number of aromatic nitrogens is 1. The molecule has 1 unspecified atom stereocenters. The summed E-state index contributed by atoms with van der Waals surface area (Å²) in [6, 6.07) is 16.2. The molecule has 0 spiro atoms. The van der Waals surface area contributed by atoms with Gasteiger partial charge in [0.05, 0.1) is 19.2 Å². The third-order valence-electron chi connectivity index (χ3n) is 4.87. The van der Waals surface area contributed by atoms with Crippen LogP contribution in [0.4, 0.5) is 0 Å². The lowest BCUT2D eigenvalue weighted by molar-refractivity contribution is 0.0600. The Kier molecular flexibility index (Phi) is 4.93. The average Bonchev–Trinajstić information content (AvgIpc) is 3.21. The molecule has 2 aromatic carbocycles. The maximum Gasteiger partial charge on any atom is 0.337 e. The van der Waals surface area contributed by atoms with Gasteiger partial charge in [-0.2, -0.15) is 0 Å². The molecule has 1 aromatic heterocycles. The molecule has 6 heteroatoms. The van der Waals surface area contributed by atoms with E-state index in [0.29, 0.717) is 24.2 Å². The van der Waals surface area contributed by atoms with Gasteiger partial charge in [-0.3, -0.25) is 9.78 Å². The van der Waals surface area contributed by atoms with E-state index in [2.05, 4.69) is 9.72 Å². The molecule has 6 nitrogen and oxygen atoms in total. The molecule has 2 heterocycles. The van der Waals surface area contributed by atoms with E-state index in [1.165, 1.54) is 7.11 Å². The number of carbonyl (C=O) groups is 2. The Hall–Kier alpha value is -3.41. The van der Waals surface area contributed by atoms with Crippen molar-refractivity contribution in [1.29, 1.82) is 0 Å². The van der Waals surface area contributed by atoms with Crippen LogP contribution in [0.2, 0.25) is 0 Å². The summed E-state index contributed by atoms with van der Waals surface area (Å²) in [6.07, 6.45) is 2.43. The molecule has 28 heavy (non-hydrogen) atoms. The van der Waals surface area contributed by atoms with Crippen molar-refractivity contribution in [1.82, 2.24) is 9.88 Å². The van der Waals surface area contributed by atoms with E-state index < -0.39 is 5.97 Å². The molecule has 1 aliphatic heterocycles. The van der Waals surface area contributed by atoms with Crippen LogP contribution in [0.15, 0.2) is 60.8 Å². The fraction of sp³-hybridized carbons (Fsp3) is 0.227. The van der Waals surface area contributed by atoms with E-state index in [4.69, 9.17) is 4.74 Å². The maximum absolute atomic E-state index is 12.7. The highest BCUT2D eigenvalue weighted by Gasteiger charge is 2.28. The van der Waals surface area contributed by atoms with Crippen molar-refractivity contribution in [2.24, 2.45) is 0 Å². The molecule has 0 saturated carbocycles. The van der Waals surface area contributed by atoms with Gasteiger partial charge in [0.15, 0.2) is 0 Å². The van der Waals surface area contributed by atoms with Gasteiger partial charge < -0.3 is 14.4 Å². The van der Waals surface area contributed by atoms with Gasteiger partial charge in [0, 0.05) is 30.1 Å². The number of nitrogens with zero attached hydrogens (tertiary/aromatic N) is 2. The fourth-order valence-corrected chi connectivity index (χ4v) is 3.41. The zero-order valence-electron chi connectivity index (χ0n) is 15.5. The summed E-state index contributed by atoms with van der Waals surface area (Å²) in [5.41, 5.74) is 1.79. The minimum atomic E-state index is -0.419. The number of amides is 1.